The van der Waals surface area contributed by atoms with E-state index in [9.17, 15) is 4.79 Å². The fraction of sp³-hybridized carbons (Fsp3) is 0.333. The van der Waals surface area contributed by atoms with Crippen LogP contribution in [0.4, 0.5) is 10.5 Å². The molecule has 0 aliphatic carbocycles. The number of hydrogen-bond acceptors (Lipinski definition) is 7. The number of nitrogen functional groups attached to an aromatic ring is 1. The number of piperidine rings is 3. The van der Waals surface area contributed by atoms with Crippen LogP contribution in [-0.4, -0.2) is 42.3 Å². The van der Waals surface area contributed by atoms with E-state index < -0.39 is 12.3 Å². The van der Waals surface area contributed by atoms with Crippen molar-refractivity contribution in [2.24, 2.45) is 11.8 Å². The first-order valence-corrected chi connectivity index (χ1v) is 11.6. The van der Waals surface area contributed by atoms with Gasteiger partial charge < -0.3 is 19.9 Å². The minimum absolute atomic E-state index is 0.0331. The fourth-order valence-corrected chi connectivity index (χ4v) is 5.32. The number of aromatic nitrogens is 1. The van der Waals surface area contributed by atoms with Gasteiger partial charge in [0.1, 0.15) is 17.6 Å². The normalized spacial score (nSPS) is 24.4. The maximum Gasteiger partial charge on any atom is 0.514 e. The van der Waals surface area contributed by atoms with Crippen molar-refractivity contribution in [3.63, 3.8) is 0 Å². The lowest BCUT2D eigenvalue weighted by atomic mass is 9.73. The van der Waals surface area contributed by atoms with E-state index in [-0.39, 0.29) is 6.04 Å². The van der Waals surface area contributed by atoms with Crippen LogP contribution in [0.2, 0.25) is 0 Å². The summed E-state index contributed by atoms with van der Waals surface area (Å²) in [5, 5.41) is 0.898. The van der Waals surface area contributed by atoms with Crippen LogP contribution in [0.15, 0.2) is 67.4 Å². The molecule has 4 heterocycles. The monoisotopic (exact) mass is 459 g/mol. The molecule has 2 aromatic carbocycles. The van der Waals surface area contributed by atoms with Crippen LogP contribution in [0.25, 0.3) is 10.9 Å². The Hall–Kier alpha value is -3.58. The van der Waals surface area contributed by atoms with E-state index in [2.05, 4.69) is 22.5 Å². The first-order chi connectivity index (χ1) is 16.6. The van der Waals surface area contributed by atoms with E-state index in [1.165, 1.54) is 0 Å². The number of ether oxygens (including phenoxy) is 3. The van der Waals surface area contributed by atoms with Gasteiger partial charge in [0.25, 0.3) is 0 Å². The van der Waals surface area contributed by atoms with Crippen LogP contribution < -0.4 is 15.2 Å². The number of rotatable bonds is 6. The third kappa shape index (κ3) is 4.31. The van der Waals surface area contributed by atoms with Crippen LogP contribution in [-0.2, 0) is 4.74 Å². The van der Waals surface area contributed by atoms with Crippen molar-refractivity contribution in [2.45, 2.75) is 25.0 Å². The molecule has 3 aliphatic rings. The summed E-state index contributed by atoms with van der Waals surface area (Å²) in [4.78, 5) is 19.9. The standard InChI is InChI=1S/C27H29N3O4/c1-3-17-16-30-13-11-18(17)14-25(30)26(34-27(31)33-20-6-4-19(28)5-7-20)22-10-12-29-24-9-8-21(32-2)15-23(22)24/h3-10,12,15,17-18,25-26H,1,11,13-14,16,28H2,2H3/t17-,18-,25-,26+/m0/s1. The van der Waals surface area contributed by atoms with Crippen molar-refractivity contribution in [3.8, 4) is 11.5 Å². The lowest BCUT2D eigenvalue weighted by Gasteiger charge is -2.51. The molecule has 3 saturated heterocycles. The molecule has 0 spiro atoms. The van der Waals surface area contributed by atoms with Crippen molar-refractivity contribution in [2.75, 3.05) is 25.9 Å². The second kappa shape index (κ2) is 9.35. The summed E-state index contributed by atoms with van der Waals surface area (Å²) < 4.78 is 17.0. The maximum atomic E-state index is 13.0. The molecule has 6 rings (SSSR count). The number of anilines is 1. The molecular formula is C27H29N3O4. The average molecular weight is 460 g/mol. The molecule has 1 aromatic heterocycles. The lowest BCUT2D eigenvalue weighted by Crippen LogP contribution is -2.55. The molecule has 1 unspecified atom stereocenters. The zero-order valence-electron chi connectivity index (χ0n) is 19.2. The lowest BCUT2D eigenvalue weighted by molar-refractivity contribution is -0.0579. The third-order valence-corrected chi connectivity index (χ3v) is 7.10. The number of nitrogens with zero attached hydrogens (tertiary/aromatic N) is 2. The summed E-state index contributed by atoms with van der Waals surface area (Å²) in [7, 11) is 1.64. The number of fused-ring (bicyclic) bond motifs is 4. The van der Waals surface area contributed by atoms with Gasteiger partial charge in [-0.1, -0.05) is 6.08 Å². The van der Waals surface area contributed by atoms with Gasteiger partial charge in [-0.15, -0.1) is 6.58 Å². The van der Waals surface area contributed by atoms with Crippen molar-refractivity contribution in [1.82, 2.24) is 9.88 Å². The van der Waals surface area contributed by atoms with Gasteiger partial charge in [-0.05, 0) is 79.8 Å². The molecule has 2 N–H and O–H groups in total. The Morgan fingerprint density at radius 1 is 1.21 bits per heavy atom. The summed E-state index contributed by atoms with van der Waals surface area (Å²) in [6.07, 6.45) is 4.60. The minimum Gasteiger partial charge on any atom is -0.497 e. The second-order valence-electron chi connectivity index (χ2n) is 8.99. The van der Waals surface area contributed by atoms with Crippen molar-refractivity contribution in [1.29, 1.82) is 0 Å². The molecule has 3 aliphatic heterocycles. The highest BCUT2D eigenvalue weighted by atomic mass is 16.7. The number of carbonyl (C=O) groups is 1. The minimum atomic E-state index is -0.745. The predicted octanol–water partition coefficient (Wildman–Crippen LogP) is 4.98. The number of hydrogen-bond donors (Lipinski definition) is 1. The smallest absolute Gasteiger partial charge is 0.497 e. The average Bonchev–Trinajstić information content (AvgIpc) is 2.88. The predicted molar refractivity (Wildman–Crippen MR) is 131 cm³/mol. The number of pyridine rings is 1. The van der Waals surface area contributed by atoms with E-state index in [0.717, 1.165) is 48.1 Å². The van der Waals surface area contributed by atoms with E-state index in [1.807, 2.05) is 24.3 Å². The van der Waals surface area contributed by atoms with E-state index >= 15 is 0 Å². The quantitative estimate of drug-likeness (QED) is 0.241. The van der Waals surface area contributed by atoms with Gasteiger partial charge in [-0.3, -0.25) is 9.88 Å². The van der Waals surface area contributed by atoms with E-state index in [4.69, 9.17) is 19.9 Å². The van der Waals surface area contributed by atoms with Crippen LogP contribution in [0.3, 0.4) is 0 Å². The Balaban J connectivity index is 1.50. The zero-order valence-corrected chi connectivity index (χ0v) is 19.2. The molecule has 3 fully saturated rings. The molecular weight excluding hydrogens is 430 g/mol. The van der Waals surface area contributed by atoms with Gasteiger partial charge in [-0.2, -0.15) is 0 Å². The Kier molecular flexibility index (Phi) is 6.11. The van der Waals surface area contributed by atoms with Crippen LogP contribution in [0.1, 0.15) is 24.5 Å². The Morgan fingerprint density at radius 3 is 2.71 bits per heavy atom. The molecule has 0 saturated carbocycles. The zero-order chi connectivity index (χ0) is 23.7. The molecule has 176 valence electrons. The summed E-state index contributed by atoms with van der Waals surface area (Å²) in [6.45, 7) is 5.92. The van der Waals surface area contributed by atoms with Gasteiger partial charge in [0.05, 0.1) is 18.7 Å². The highest BCUT2D eigenvalue weighted by Crippen LogP contribution is 2.43. The first-order valence-electron chi connectivity index (χ1n) is 11.6. The van der Waals surface area contributed by atoms with Crippen LogP contribution >= 0.6 is 0 Å². The molecule has 7 nitrogen and oxygen atoms in total. The largest absolute Gasteiger partial charge is 0.514 e. The van der Waals surface area contributed by atoms with Gasteiger partial charge in [0.15, 0.2) is 0 Å². The molecule has 0 amide bonds. The molecule has 5 atom stereocenters. The highest BCUT2D eigenvalue weighted by molar-refractivity contribution is 5.84. The van der Waals surface area contributed by atoms with Gasteiger partial charge in [0.2, 0.25) is 0 Å². The number of nitrogens with two attached hydrogens (primary N) is 1. The number of methoxy groups -OCH3 is 1. The Bertz CT molecular complexity index is 1200. The van der Waals surface area contributed by atoms with Gasteiger partial charge in [-0.25, -0.2) is 4.79 Å². The topological polar surface area (TPSA) is 86.9 Å². The second-order valence-corrected chi connectivity index (χ2v) is 8.99. The number of carbonyl (C=O) groups excluding carboxylic acids is 1. The molecule has 7 heteroatoms. The molecule has 34 heavy (non-hydrogen) atoms. The van der Waals surface area contributed by atoms with Gasteiger partial charge in [0, 0.05) is 29.4 Å². The summed E-state index contributed by atoms with van der Waals surface area (Å²) in [5.74, 6) is 2.09. The number of benzene rings is 2. The van der Waals surface area contributed by atoms with E-state index in [1.54, 1.807) is 37.6 Å². The highest BCUT2D eigenvalue weighted by Gasteiger charge is 2.44. The van der Waals surface area contributed by atoms with E-state index in [0.29, 0.717) is 23.3 Å². The molecule has 3 aromatic rings. The van der Waals surface area contributed by atoms with Crippen molar-refractivity contribution >= 4 is 22.7 Å². The molecule has 0 radical (unpaired) electrons. The van der Waals surface area contributed by atoms with Crippen LogP contribution in [0.5, 0.6) is 11.5 Å². The van der Waals surface area contributed by atoms with Crippen molar-refractivity contribution in [3.05, 3.63) is 72.9 Å². The van der Waals surface area contributed by atoms with Gasteiger partial charge >= 0.3 is 6.16 Å². The first kappa shape index (κ1) is 22.2. The summed E-state index contributed by atoms with van der Waals surface area (Å²) in [6, 6.07) is 14.4. The Labute approximate surface area is 199 Å². The third-order valence-electron chi connectivity index (χ3n) is 7.10. The molecule has 2 bridgehead atoms. The SMILES string of the molecule is C=C[C@H]1CN2CC[C@H]1C[C@H]2[C@H](OC(=O)Oc1ccc(N)cc1)c1ccnc2ccc(OC)cc12. The Morgan fingerprint density at radius 2 is 2.00 bits per heavy atom. The fourth-order valence-electron chi connectivity index (χ4n) is 5.32. The maximum absolute atomic E-state index is 13.0. The van der Waals surface area contributed by atoms with Crippen LogP contribution in [0, 0.1) is 11.8 Å². The van der Waals surface area contributed by atoms with Crippen molar-refractivity contribution < 1.29 is 19.0 Å². The summed E-state index contributed by atoms with van der Waals surface area (Å²) in [5.41, 5.74) is 8.05. The summed E-state index contributed by atoms with van der Waals surface area (Å²) >= 11 is 0.